The summed E-state index contributed by atoms with van der Waals surface area (Å²) < 4.78 is 10.9. The minimum atomic E-state index is 0.813. The molecule has 0 aliphatic rings. The highest BCUT2D eigenvalue weighted by atomic mass is 16.3. The third-order valence-corrected chi connectivity index (χ3v) is 7.71. The molecule has 3 aromatic heterocycles. The number of aromatic nitrogens is 3. The van der Waals surface area contributed by atoms with E-state index in [0.29, 0.717) is 0 Å². The molecule has 0 spiro atoms. The Labute approximate surface area is 210 Å². The third kappa shape index (κ3) is 2.39. The maximum absolute atomic E-state index is 6.45. The highest BCUT2D eigenvalue weighted by molar-refractivity contribution is 6.25. The molecule has 0 bridgehead atoms. The van der Waals surface area contributed by atoms with Crippen LogP contribution in [0.4, 0.5) is 0 Å². The number of benzene rings is 6. The Kier molecular flexibility index (Phi) is 3.50. The van der Waals surface area contributed by atoms with Crippen LogP contribution in [-0.4, -0.2) is 14.0 Å². The molecule has 9 rings (SSSR count). The molecule has 4 heteroatoms. The summed E-state index contributed by atoms with van der Waals surface area (Å²) in [4.78, 5) is 5.07. The van der Waals surface area contributed by atoms with E-state index in [2.05, 4.69) is 106 Å². The maximum Gasteiger partial charge on any atom is 0.232 e. The molecule has 3 heterocycles. The molecule has 0 saturated carbocycles. The highest BCUT2D eigenvalue weighted by Gasteiger charge is 2.23. The van der Waals surface area contributed by atoms with E-state index in [0.717, 1.165) is 44.7 Å². The van der Waals surface area contributed by atoms with Gasteiger partial charge in [0, 0.05) is 11.1 Å². The third-order valence-electron chi connectivity index (χ3n) is 7.71. The molecular weight excluding hydrogens is 454 g/mol. The number of furan rings is 1. The van der Waals surface area contributed by atoms with Gasteiger partial charge in [0.25, 0.3) is 0 Å². The summed E-state index contributed by atoms with van der Waals surface area (Å²) in [6.45, 7) is 0. The Morgan fingerprint density at radius 1 is 0.541 bits per heavy atom. The fourth-order valence-corrected chi connectivity index (χ4v) is 6.13. The topological polar surface area (TPSA) is 35.4 Å². The molecule has 0 aliphatic carbocycles. The maximum atomic E-state index is 6.45. The second kappa shape index (κ2) is 6.77. The van der Waals surface area contributed by atoms with Gasteiger partial charge in [0.2, 0.25) is 11.5 Å². The average molecular weight is 474 g/mol. The summed E-state index contributed by atoms with van der Waals surface area (Å²) in [5.74, 6) is 0.852. The fraction of sp³-hybridized carbons (Fsp3) is 0. The van der Waals surface area contributed by atoms with Crippen LogP contribution in [-0.2, 0) is 0 Å². The van der Waals surface area contributed by atoms with E-state index < -0.39 is 0 Å². The second-order valence-electron chi connectivity index (χ2n) is 9.64. The lowest BCUT2D eigenvalue weighted by molar-refractivity contribution is 0.651. The molecule has 0 radical (unpaired) electrons. The Morgan fingerprint density at radius 3 is 1.89 bits per heavy atom. The van der Waals surface area contributed by atoms with Crippen LogP contribution in [0.1, 0.15) is 0 Å². The van der Waals surface area contributed by atoms with Crippen molar-refractivity contribution in [2.24, 2.45) is 0 Å². The van der Waals surface area contributed by atoms with Crippen molar-refractivity contribution >= 4 is 71.3 Å². The molecule has 37 heavy (non-hydrogen) atoms. The van der Waals surface area contributed by atoms with E-state index >= 15 is 0 Å². The smallest absolute Gasteiger partial charge is 0.232 e. The summed E-state index contributed by atoms with van der Waals surface area (Å²) in [7, 11) is 0. The zero-order valence-corrected chi connectivity index (χ0v) is 19.7. The van der Waals surface area contributed by atoms with Crippen molar-refractivity contribution in [3.05, 3.63) is 115 Å². The molecule has 0 amide bonds. The first-order chi connectivity index (χ1) is 18.4. The number of rotatable bonds is 1. The first-order valence-electron chi connectivity index (χ1n) is 12.5. The van der Waals surface area contributed by atoms with Crippen LogP contribution in [0.5, 0.6) is 0 Å². The van der Waals surface area contributed by atoms with Gasteiger partial charge in [-0.1, -0.05) is 78.9 Å². The molecule has 9 aromatic rings. The molecule has 172 valence electrons. The van der Waals surface area contributed by atoms with Gasteiger partial charge < -0.3 is 4.42 Å². The van der Waals surface area contributed by atoms with Gasteiger partial charge in [0.1, 0.15) is 11.1 Å². The lowest BCUT2D eigenvalue weighted by Gasteiger charge is -2.12. The van der Waals surface area contributed by atoms with Crippen molar-refractivity contribution in [3.63, 3.8) is 0 Å². The standard InChI is InChI=1S/C33H19N3O/c1-2-11-23-21(9-1)22-10-3-4-12-24(22)27-19-20(17-18-25(23)27)35-31-26-13-5-8-16-30(26)37-32(31)36-29-15-7-6-14-28(29)34-33(35)36/h1-19H. The summed E-state index contributed by atoms with van der Waals surface area (Å²) in [6, 6.07) is 40.6. The van der Waals surface area contributed by atoms with Gasteiger partial charge in [0.05, 0.1) is 11.0 Å². The van der Waals surface area contributed by atoms with Crippen LogP contribution < -0.4 is 0 Å². The lowest BCUT2D eigenvalue weighted by atomic mass is 9.94. The SMILES string of the molecule is c1ccc2c(c1)nc1n(-c3ccc4c5ccccc5c5ccccc5c4c3)c3c4ccccc4oc3n21. The van der Waals surface area contributed by atoms with Crippen LogP contribution in [0.15, 0.2) is 120 Å². The number of hydrogen-bond donors (Lipinski definition) is 0. The Bertz CT molecular complexity index is 2330. The van der Waals surface area contributed by atoms with Crippen molar-refractivity contribution in [2.45, 2.75) is 0 Å². The molecule has 0 saturated heterocycles. The van der Waals surface area contributed by atoms with E-state index in [1.54, 1.807) is 0 Å². The monoisotopic (exact) mass is 473 g/mol. The highest BCUT2D eigenvalue weighted by Crippen LogP contribution is 2.39. The number of imidazole rings is 2. The zero-order valence-electron chi connectivity index (χ0n) is 19.7. The van der Waals surface area contributed by atoms with Crippen molar-refractivity contribution in [2.75, 3.05) is 0 Å². The first kappa shape index (κ1) is 19.1. The molecule has 0 atom stereocenters. The van der Waals surface area contributed by atoms with E-state index in [1.165, 1.54) is 32.3 Å². The van der Waals surface area contributed by atoms with Crippen molar-refractivity contribution in [1.29, 1.82) is 0 Å². The minimum absolute atomic E-state index is 0.813. The number of para-hydroxylation sites is 3. The van der Waals surface area contributed by atoms with E-state index in [4.69, 9.17) is 9.40 Å². The van der Waals surface area contributed by atoms with Gasteiger partial charge in [-0.3, -0.25) is 4.57 Å². The number of fused-ring (bicyclic) bond motifs is 13. The van der Waals surface area contributed by atoms with Crippen molar-refractivity contribution in [3.8, 4) is 5.69 Å². The van der Waals surface area contributed by atoms with Gasteiger partial charge in [-0.15, -0.1) is 0 Å². The van der Waals surface area contributed by atoms with Gasteiger partial charge in [-0.05, 0) is 68.7 Å². The quantitative estimate of drug-likeness (QED) is 0.224. The van der Waals surface area contributed by atoms with E-state index in [-0.39, 0.29) is 0 Å². The molecule has 6 aromatic carbocycles. The summed E-state index contributed by atoms with van der Waals surface area (Å²) in [5, 5.41) is 8.64. The van der Waals surface area contributed by atoms with Crippen molar-refractivity contribution < 1.29 is 4.42 Å². The number of nitrogens with zero attached hydrogens (tertiary/aromatic N) is 3. The number of hydrogen-bond acceptors (Lipinski definition) is 2. The largest absolute Gasteiger partial charge is 0.437 e. The predicted octanol–water partition coefficient (Wildman–Crippen LogP) is 8.64. The molecule has 0 N–H and O–H groups in total. The zero-order chi connectivity index (χ0) is 24.1. The van der Waals surface area contributed by atoms with Gasteiger partial charge in [0.15, 0.2) is 0 Å². The predicted molar refractivity (Wildman–Crippen MR) is 152 cm³/mol. The summed E-state index contributed by atoms with van der Waals surface area (Å²) >= 11 is 0. The molecule has 0 aliphatic heterocycles. The minimum Gasteiger partial charge on any atom is -0.437 e. The van der Waals surface area contributed by atoms with E-state index in [1.807, 2.05) is 18.2 Å². The second-order valence-corrected chi connectivity index (χ2v) is 9.64. The normalized spacial score (nSPS) is 12.3. The molecule has 0 unspecified atom stereocenters. The van der Waals surface area contributed by atoms with Crippen LogP contribution in [0, 0.1) is 0 Å². The van der Waals surface area contributed by atoms with E-state index in [9.17, 15) is 0 Å². The Balaban J connectivity index is 1.49. The molecular formula is C33H19N3O. The first-order valence-corrected chi connectivity index (χ1v) is 12.5. The van der Waals surface area contributed by atoms with Crippen LogP contribution in [0.25, 0.3) is 77.0 Å². The Morgan fingerprint density at radius 2 is 1.14 bits per heavy atom. The van der Waals surface area contributed by atoms with Crippen molar-refractivity contribution in [1.82, 2.24) is 14.0 Å². The Hall–Kier alpha value is -5.09. The van der Waals surface area contributed by atoms with Crippen LogP contribution >= 0.6 is 0 Å². The van der Waals surface area contributed by atoms with Gasteiger partial charge in [-0.25, -0.2) is 9.38 Å². The summed E-state index contributed by atoms with van der Waals surface area (Å²) in [5.41, 5.74) is 5.78. The molecule has 0 fully saturated rings. The van der Waals surface area contributed by atoms with Gasteiger partial charge >= 0.3 is 0 Å². The lowest BCUT2D eigenvalue weighted by Crippen LogP contribution is -1.96. The van der Waals surface area contributed by atoms with Gasteiger partial charge in [-0.2, -0.15) is 0 Å². The summed E-state index contributed by atoms with van der Waals surface area (Å²) in [6.07, 6.45) is 0. The molecule has 4 nitrogen and oxygen atoms in total. The van der Waals surface area contributed by atoms with Crippen LogP contribution in [0.3, 0.4) is 0 Å². The van der Waals surface area contributed by atoms with Crippen LogP contribution in [0.2, 0.25) is 0 Å². The fourth-order valence-electron chi connectivity index (χ4n) is 6.13. The average Bonchev–Trinajstić information content (AvgIpc) is 3.60.